The molecule has 0 saturated heterocycles. The van der Waals surface area contributed by atoms with Crippen LogP contribution in [-0.4, -0.2) is 5.78 Å². The fourth-order valence-electron chi connectivity index (χ4n) is 4.12. The second-order valence-electron chi connectivity index (χ2n) is 5.74. The van der Waals surface area contributed by atoms with Gasteiger partial charge in [-0.05, 0) is 30.1 Å². The van der Waals surface area contributed by atoms with E-state index in [0.717, 1.165) is 11.8 Å². The summed E-state index contributed by atoms with van der Waals surface area (Å²) in [5.74, 6) is 2.53. The maximum atomic E-state index is 11.9. The van der Waals surface area contributed by atoms with Crippen molar-refractivity contribution in [3.05, 3.63) is 0 Å². The third kappa shape index (κ3) is 0.462. The van der Waals surface area contributed by atoms with Gasteiger partial charge in [0.25, 0.3) is 0 Å². The molecule has 3 rings (SSSR count). The summed E-state index contributed by atoms with van der Waals surface area (Å²) in [6.07, 6.45) is 2.61. The third-order valence-electron chi connectivity index (χ3n) is 4.99. The Balaban J connectivity index is 2.09. The van der Waals surface area contributed by atoms with E-state index in [1.807, 2.05) is 0 Å². The second kappa shape index (κ2) is 1.51. The van der Waals surface area contributed by atoms with E-state index in [1.54, 1.807) is 0 Å². The highest BCUT2D eigenvalue weighted by atomic mass is 16.1. The molecule has 0 heterocycles. The average molecular weight is 164 g/mol. The first-order valence-corrected chi connectivity index (χ1v) is 5.04. The third-order valence-corrected chi connectivity index (χ3v) is 4.99. The second-order valence-corrected chi connectivity index (χ2v) is 5.74. The van der Waals surface area contributed by atoms with Gasteiger partial charge in [-0.3, -0.25) is 4.79 Å². The highest BCUT2D eigenvalue weighted by molar-refractivity contribution is 5.94. The van der Waals surface area contributed by atoms with Crippen LogP contribution in [0.5, 0.6) is 0 Å². The monoisotopic (exact) mass is 164 g/mol. The first-order valence-electron chi connectivity index (χ1n) is 5.04. The molecule has 3 aliphatic carbocycles. The summed E-state index contributed by atoms with van der Waals surface area (Å²) in [6, 6.07) is 0. The summed E-state index contributed by atoms with van der Waals surface area (Å²) < 4.78 is 0. The molecule has 66 valence electrons. The average Bonchev–Trinajstić information content (AvgIpc) is 2.30. The zero-order valence-electron chi connectivity index (χ0n) is 8.05. The normalized spacial score (nSPS) is 58.9. The molecule has 0 amide bonds. The van der Waals surface area contributed by atoms with Crippen LogP contribution in [-0.2, 0) is 4.79 Å². The highest BCUT2D eigenvalue weighted by Crippen LogP contribution is 2.79. The van der Waals surface area contributed by atoms with Crippen molar-refractivity contribution < 1.29 is 4.79 Å². The molecule has 3 fully saturated rings. The predicted molar refractivity (Wildman–Crippen MR) is 46.6 cm³/mol. The maximum absolute atomic E-state index is 11.9. The Morgan fingerprint density at radius 3 is 2.50 bits per heavy atom. The van der Waals surface area contributed by atoms with E-state index < -0.39 is 0 Å². The molecule has 0 aromatic heterocycles. The Labute approximate surface area is 73.5 Å². The van der Waals surface area contributed by atoms with Crippen molar-refractivity contribution >= 4 is 5.78 Å². The number of rotatable bonds is 0. The first kappa shape index (κ1) is 7.11. The molecule has 0 bridgehead atoms. The van der Waals surface area contributed by atoms with Crippen LogP contribution in [0.3, 0.4) is 0 Å². The predicted octanol–water partition coefficient (Wildman–Crippen LogP) is 2.26. The van der Waals surface area contributed by atoms with E-state index >= 15 is 0 Å². The van der Waals surface area contributed by atoms with Gasteiger partial charge in [0.15, 0.2) is 0 Å². The lowest BCUT2D eigenvalue weighted by Crippen LogP contribution is -2.28. The number of carbonyl (C=O) groups is 1. The zero-order chi connectivity index (χ0) is 8.72. The van der Waals surface area contributed by atoms with Crippen LogP contribution >= 0.6 is 0 Å². The number of ketones is 1. The summed E-state index contributed by atoms with van der Waals surface area (Å²) >= 11 is 0. The summed E-state index contributed by atoms with van der Waals surface area (Å²) in [5, 5.41) is 0. The van der Waals surface area contributed by atoms with Gasteiger partial charge in [-0.1, -0.05) is 20.8 Å². The minimum absolute atomic E-state index is 0.0192. The summed E-state index contributed by atoms with van der Waals surface area (Å²) in [7, 11) is 0. The van der Waals surface area contributed by atoms with Gasteiger partial charge in [-0.15, -0.1) is 0 Å². The highest BCUT2D eigenvalue weighted by Gasteiger charge is 2.78. The SMILES string of the molecule is CC1(C)C(=O)[C@@H]2[C@H]3[C@H]1CC[C@@]32C. The van der Waals surface area contributed by atoms with E-state index in [1.165, 1.54) is 12.8 Å². The standard InChI is InChI=1S/C11H16O/c1-10(2)6-4-5-11(3)7(6)8(11)9(10)12/h6-8H,4-5H2,1-3H3/t6-,7-,8+,11+/m1/s1. The summed E-state index contributed by atoms with van der Waals surface area (Å²) in [6.45, 7) is 6.62. The van der Waals surface area contributed by atoms with Gasteiger partial charge in [0.1, 0.15) is 5.78 Å². The lowest BCUT2D eigenvalue weighted by atomic mass is 9.77. The molecular weight excluding hydrogens is 148 g/mol. The molecule has 0 aromatic carbocycles. The van der Waals surface area contributed by atoms with Crippen molar-refractivity contribution in [2.45, 2.75) is 33.6 Å². The van der Waals surface area contributed by atoms with Crippen molar-refractivity contribution in [3.63, 3.8) is 0 Å². The van der Waals surface area contributed by atoms with Crippen molar-refractivity contribution in [2.75, 3.05) is 0 Å². The molecule has 1 nitrogen and oxygen atoms in total. The van der Waals surface area contributed by atoms with Crippen LogP contribution in [0.4, 0.5) is 0 Å². The van der Waals surface area contributed by atoms with Crippen molar-refractivity contribution in [2.24, 2.45) is 28.6 Å². The molecule has 0 spiro atoms. The van der Waals surface area contributed by atoms with Gasteiger partial charge >= 0.3 is 0 Å². The number of carbonyl (C=O) groups excluding carboxylic acids is 1. The molecule has 0 aliphatic heterocycles. The molecule has 0 aromatic rings. The molecule has 3 aliphatic rings. The van der Waals surface area contributed by atoms with Crippen LogP contribution in [0.25, 0.3) is 0 Å². The van der Waals surface area contributed by atoms with Crippen LogP contribution in [0.2, 0.25) is 0 Å². The molecule has 0 radical (unpaired) electrons. The van der Waals surface area contributed by atoms with Gasteiger partial charge in [0, 0.05) is 11.3 Å². The molecule has 12 heavy (non-hydrogen) atoms. The Kier molecular flexibility index (Phi) is 0.897. The topological polar surface area (TPSA) is 17.1 Å². The van der Waals surface area contributed by atoms with E-state index in [4.69, 9.17) is 0 Å². The van der Waals surface area contributed by atoms with Crippen LogP contribution < -0.4 is 0 Å². The minimum atomic E-state index is 0.0192. The Hall–Kier alpha value is -0.330. The van der Waals surface area contributed by atoms with Crippen LogP contribution in [0.15, 0.2) is 0 Å². The van der Waals surface area contributed by atoms with Gasteiger partial charge in [-0.2, -0.15) is 0 Å². The number of hydrogen-bond acceptors (Lipinski definition) is 1. The zero-order valence-corrected chi connectivity index (χ0v) is 8.05. The lowest BCUT2D eigenvalue weighted by Gasteiger charge is -2.25. The van der Waals surface area contributed by atoms with Crippen LogP contribution in [0.1, 0.15) is 33.6 Å². The molecule has 1 heteroatoms. The quantitative estimate of drug-likeness (QED) is 0.536. The number of Topliss-reactive ketones (excluding diaryl/α,β-unsaturated/α-hetero) is 1. The van der Waals surface area contributed by atoms with Gasteiger partial charge < -0.3 is 0 Å². The summed E-state index contributed by atoms with van der Waals surface area (Å²) in [5.41, 5.74) is 0.475. The molecule has 0 unspecified atom stereocenters. The molecular formula is C11H16O. The smallest absolute Gasteiger partial charge is 0.142 e. The number of fused-ring (bicyclic) bond motifs is 1. The van der Waals surface area contributed by atoms with Gasteiger partial charge in [-0.25, -0.2) is 0 Å². The molecule has 3 saturated carbocycles. The Morgan fingerprint density at radius 2 is 2.00 bits per heavy atom. The van der Waals surface area contributed by atoms with Gasteiger partial charge in [0.05, 0.1) is 0 Å². The van der Waals surface area contributed by atoms with Crippen LogP contribution in [0, 0.1) is 28.6 Å². The van der Waals surface area contributed by atoms with Crippen molar-refractivity contribution in [3.8, 4) is 0 Å². The fraction of sp³-hybridized carbons (Fsp3) is 0.909. The molecule has 0 N–H and O–H groups in total. The van der Waals surface area contributed by atoms with E-state index in [0.29, 0.717) is 17.1 Å². The van der Waals surface area contributed by atoms with Gasteiger partial charge in [0.2, 0.25) is 0 Å². The van der Waals surface area contributed by atoms with Crippen molar-refractivity contribution in [1.82, 2.24) is 0 Å². The minimum Gasteiger partial charge on any atom is -0.299 e. The molecule has 4 atom stereocenters. The fourth-order valence-corrected chi connectivity index (χ4v) is 4.12. The lowest BCUT2D eigenvalue weighted by molar-refractivity contribution is -0.128. The first-order chi connectivity index (χ1) is 5.49. The maximum Gasteiger partial charge on any atom is 0.142 e. The van der Waals surface area contributed by atoms with E-state index in [-0.39, 0.29) is 5.41 Å². The Bertz CT molecular complexity index is 279. The van der Waals surface area contributed by atoms with Crippen molar-refractivity contribution in [1.29, 1.82) is 0 Å². The largest absolute Gasteiger partial charge is 0.299 e. The van der Waals surface area contributed by atoms with E-state index in [2.05, 4.69) is 20.8 Å². The number of hydrogen-bond donors (Lipinski definition) is 0. The Morgan fingerprint density at radius 1 is 1.33 bits per heavy atom. The summed E-state index contributed by atoms with van der Waals surface area (Å²) in [4.78, 5) is 11.9. The van der Waals surface area contributed by atoms with E-state index in [9.17, 15) is 4.79 Å².